The molecule has 3 rings (SSSR count). The van der Waals surface area contributed by atoms with Gasteiger partial charge in [0, 0.05) is 17.9 Å². The first-order valence-corrected chi connectivity index (χ1v) is 9.40. The summed E-state index contributed by atoms with van der Waals surface area (Å²) in [6.07, 6.45) is 11.5. The fraction of sp³-hybridized carbons (Fsp3) is 0.526. The molecule has 1 saturated heterocycles. The van der Waals surface area contributed by atoms with Crippen molar-refractivity contribution in [3.8, 4) is 0 Å². The minimum atomic E-state index is 0.313. The van der Waals surface area contributed by atoms with Crippen molar-refractivity contribution in [1.82, 2.24) is 4.90 Å². The highest BCUT2D eigenvalue weighted by atomic mass is 32.2. The number of benzene rings is 1. The Kier molecular flexibility index (Phi) is 5.60. The average Bonchev–Trinajstić information content (AvgIpc) is 2.56. The van der Waals surface area contributed by atoms with E-state index in [-0.39, 0.29) is 0 Å². The van der Waals surface area contributed by atoms with Gasteiger partial charge >= 0.3 is 0 Å². The maximum absolute atomic E-state index is 12.4. The molecular weight excluding hydrogens is 290 g/mol. The number of nitrogens with zero attached hydrogens (tertiary/aromatic N) is 1. The van der Waals surface area contributed by atoms with Gasteiger partial charge in [-0.2, -0.15) is 0 Å². The summed E-state index contributed by atoms with van der Waals surface area (Å²) in [5, 5.41) is 0.313. The number of rotatable bonds is 5. The highest BCUT2D eigenvalue weighted by molar-refractivity contribution is 7.99. The van der Waals surface area contributed by atoms with Crippen LogP contribution in [-0.4, -0.2) is 22.7 Å². The molecule has 1 amide bonds. The molecular formula is C19H25NOS. The molecule has 0 spiro atoms. The van der Waals surface area contributed by atoms with Crippen molar-refractivity contribution < 1.29 is 4.79 Å². The van der Waals surface area contributed by atoms with E-state index in [1.165, 1.54) is 30.6 Å². The zero-order valence-electron chi connectivity index (χ0n) is 13.2. The number of likely N-dealkylation sites (tertiary alicyclic amines) is 1. The monoisotopic (exact) mass is 315 g/mol. The van der Waals surface area contributed by atoms with Crippen LogP contribution in [0.2, 0.25) is 0 Å². The van der Waals surface area contributed by atoms with Crippen LogP contribution in [0.4, 0.5) is 0 Å². The first-order valence-electron chi connectivity index (χ1n) is 8.52. The van der Waals surface area contributed by atoms with Crippen LogP contribution in [0, 0.1) is 0 Å². The number of carbonyl (C=O) groups is 1. The van der Waals surface area contributed by atoms with Gasteiger partial charge in [0.15, 0.2) is 0 Å². The van der Waals surface area contributed by atoms with Crippen LogP contribution < -0.4 is 0 Å². The Bertz CT molecular complexity index is 525. The van der Waals surface area contributed by atoms with Gasteiger partial charge in [-0.25, -0.2) is 0 Å². The maximum Gasteiger partial charge on any atom is 0.223 e. The Hall–Kier alpha value is -1.22. The van der Waals surface area contributed by atoms with Crippen molar-refractivity contribution in [3.63, 3.8) is 0 Å². The van der Waals surface area contributed by atoms with Crippen LogP contribution >= 0.6 is 11.8 Å². The Morgan fingerprint density at radius 2 is 1.95 bits per heavy atom. The third-order valence-electron chi connectivity index (χ3n) is 4.58. The molecule has 0 bridgehead atoms. The molecule has 1 aliphatic heterocycles. The normalized spacial score (nSPS) is 22.5. The van der Waals surface area contributed by atoms with Crippen molar-refractivity contribution in [2.45, 2.75) is 61.6 Å². The number of hydrogen-bond donors (Lipinski definition) is 0. The number of amides is 1. The molecule has 22 heavy (non-hydrogen) atoms. The van der Waals surface area contributed by atoms with Gasteiger partial charge in [-0.3, -0.25) is 4.79 Å². The zero-order chi connectivity index (χ0) is 15.2. The fourth-order valence-electron chi connectivity index (χ4n) is 3.33. The third kappa shape index (κ3) is 4.16. The van der Waals surface area contributed by atoms with E-state index in [0.717, 1.165) is 32.2 Å². The maximum atomic E-state index is 12.4. The van der Waals surface area contributed by atoms with Crippen LogP contribution in [0.3, 0.4) is 0 Å². The van der Waals surface area contributed by atoms with Crippen LogP contribution in [0.15, 0.2) is 46.9 Å². The lowest BCUT2D eigenvalue weighted by Crippen LogP contribution is -2.42. The van der Waals surface area contributed by atoms with Crippen LogP contribution in [-0.2, 0) is 4.79 Å². The van der Waals surface area contributed by atoms with E-state index in [2.05, 4.69) is 35.2 Å². The number of allylic oxidation sites excluding steroid dienone is 1. The summed E-state index contributed by atoms with van der Waals surface area (Å²) in [5.74, 6) is 0.344. The lowest BCUT2D eigenvalue weighted by atomic mass is 9.97. The topological polar surface area (TPSA) is 20.3 Å². The van der Waals surface area contributed by atoms with Crippen molar-refractivity contribution in [2.75, 3.05) is 6.54 Å². The van der Waals surface area contributed by atoms with E-state index in [0.29, 0.717) is 11.3 Å². The summed E-state index contributed by atoms with van der Waals surface area (Å²) in [4.78, 5) is 15.8. The number of thioether (sulfide) groups is 1. The van der Waals surface area contributed by atoms with Gasteiger partial charge in [0.2, 0.25) is 5.91 Å². The van der Waals surface area contributed by atoms with Gasteiger partial charge < -0.3 is 4.90 Å². The molecule has 1 fully saturated rings. The molecule has 1 aromatic carbocycles. The van der Waals surface area contributed by atoms with Crippen LogP contribution in [0.5, 0.6) is 0 Å². The quantitative estimate of drug-likeness (QED) is 0.712. The van der Waals surface area contributed by atoms with Gasteiger partial charge in [0.05, 0.1) is 5.37 Å². The Morgan fingerprint density at radius 3 is 2.73 bits per heavy atom. The Balaban J connectivity index is 1.62. The molecule has 0 radical (unpaired) electrons. The van der Waals surface area contributed by atoms with Crippen molar-refractivity contribution in [2.24, 2.45) is 0 Å². The fourth-order valence-corrected chi connectivity index (χ4v) is 4.59. The van der Waals surface area contributed by atoms with Gasteiger partial charge in [-0.1, -0.05) is 29.8 Å². The molecule has 2 aliphatic rings. The summed E-state index contributed by atoms with van der Waals surface area (Å²) in [5.41, 5.74) is 1.56. The zero-order valence-corrected chi connectivity index (χ0v) is 14.0. The molecule has 1 heterocycles. The molecule has 3 heteroatoms. The first kappa shape index (κ1) is 15.7. The van der Waals surface area contributed by atoms with E-state index >= 15 is 0 Å². The molecule has 118 valence electrons. The summed E-state index contributed by atoms with van der Waals surface area (Å²) >= 11 is 1.85. The van der Waals surface area contributed by atoms with Gasteiger partial charge in [0.25, 0.3) is 0 Å². The predicted octanol–water partition coefficient (Wildman–Crippen LogP) is 5.01. The minimum Gasteiger partial charge on any atom is -0.330 e. The van der Waals surface area contributed by atoms with E-state index in [1.807, 2.05) is 17.8 Å². The molecule has 0 N–H and O–H groups in total. The lowest BCUT2D eigenvalue weighted by molar-refractivity contribution is -0.134. The molecule has 0 aromatic heterocycles. The van der Waals surface area contributed by atoms with Crippen LogP contribution in [0.25, 0.3) is 0 Å². The Labute approximate surface area is 138 Å². The second kappa shape index (κ2) is 7.87. The minimum absolute atomic E-state index is 0.313. The Morgan fingerprint density at radius 1 is 1.09 bits per heavy atom. The summed E-state index contributed by atoms with van der Waals surface area (Å²) in [7, 11) is 0. The molecule has 1 unspecified atom stereocenters. The highest BCUT2D eigenvalue weighted by Gasteiger charge is 2.28. The lowest BCUT2D eigenvalue weighted by Gasteiger charge is -2.35. The third-order valence-corrected chi connectivity index (χ3v) is 5.89. The smallest absolute Gasteiger partial charge is 0.223 e. The van der Waals surface area contributed by atoms with Gasteiger partial charge in [-0.15, -0.1) is 11.8 Å². The number of carbonyl (C=O) groups excluding carboxylic acids is 1. The van der Waals surface area contributed by atoms with Gasteiger partial charge in [-0.05, 0) is 57.1 Å². The highest BCUT2D eigenvalue weighted by Crippen LogP contribution is 2.33. The van der Waals surface area contributed by atoms with E-state index < -0.39 is 0 Å². The summed E-state index contributed by atoms with van der Waals surface area (Å²) in [6.45, 7) is 0.898. The largest absolute Gasteiger partial charge is 0.330 e. The van der Waals surface area contributed by atoms with Gasteiger partial charge in [0.1, 0.15) is 0 Å². The van der Waals surface area contributed by atoms with Crippen molar-refractivity contribution >= 4 is 17.7 Å². The first-order chi connectivity index (χ1) is 10.8. The molecule has 2 nitrogen and oxygen atoms in total. The number of hydrogen-bond acceptors (Lipinski definition) is 2. The summed E-state index contributed by atoms with van der Waals surface area (Å²) < 4.78 is 0. The standard InChI is InChI=1S/C19H25NOS/c21-18-12-7-13-19(22-17-10-5-2-6-11-17)20(18)15-14-16-8-3-1-4-9-16/h2,5-6,8,10-11,19H,1,3-4,7,9,12-15H2. The molecule has 1 aromatic rings. The average molecular weight is 315 g/mol. The predicted molar refractivity (Wildman–Crippen MR) is 92.8 cm³/mol. The SMILES string of the molecule is O=C1CCCC(Sc2ccccc2)N1CCC1=CCCCC1. The second-order valence-corrected chi connectivity index (χ2v) is 7.47. The second-order valence-electron chi connectivity index (χ2n) is 6.22. The van der Waals surface area contributed by atoms with E-state index in [4.69, 9.17) is 0 Å². The number of piperidine rings is 1. The summed E-state index contributed by atoms with van der Waals surface area (Å²) in [6, 6.07) is 10.5. The molecule has 1 aliphatic carbocycles. The van der Waals surface area contributed by atoms with Crippen molar-refractivity contribution in [3.05, 3.63) is 42.0 Å². The molecule has 1 atom stereocenters. The van der Waals surface area contributed by atoms with Crippen LogP contribution in [0.1, 0.15) is 51.4 Å². The van der Waals surface area contributed by atoms with E-state index in [1.54, 1.807) is 5.57 Å². The molecule has 0 saturated carbocycles. The van der Waals surface area contributed by atoms with E-state index in [9.17, 15) is 4.79 Å². The van der Waals surface area contributed by atoms with Crippen molar-refractivity contribution in [1.29, 1.82) is 0 Å².